The van der Waals surface area contributed by atoms with Gasteiger partial charge in [0.15, 0.2) is 18.1 Å². The van der Waals surface area contributed by atoms with E-state index in [9.17, 15) is 14.4 Å². The van der Waals surface area contributed by atoms with Gasteiger partial charge in [-0.25, -0.2) is 14.5 Å². The number of urea groups is 1. The molecule has 3 rings (SSSR count). The molecule has 1 aliphatic heterocycles. The fraction of sp³-hybridized carbons (Fsp3) is 0.190. The number of carbonyl (C=O) groups is 3. The number of methoxy groups -OCH3 is 1. The maximum Gasteiger partial charge on any atom is 0.343 e. The third kappa shape index (κ3) is 4.55. The number of nitrogens with zero attached hydrogens (tertiary/aromatic N) is 1. The second-order valence-electron chi connectivity index (χ2n) is 6.09. The zero-order chi connectivity index (χ0) is 21.7. The maximum absolute atomic E-state index is 12.7. The number of hydrogen-bond donors (Lipinski definition) is 1. The minimum Gasteiger partial charge on any atom is -0.490 e. The van der Waals surface area contributed by atoms with Gasteiger partial charge in [0.2, 0.25) is 0 Å². The van der Waals surface area contributed by atoms with Crippen molar-refractivity contribution < 1.29 is 28.6 Å². The monoisotopic (exact) mass is 430 g/mol. The number of imide groups is 1. The van der Waals surface area contributed by atoms with Crippen LogP contribution in [0.15, 0.2) is 48.2 Å². The third-order valence-corrected chi connectivity index (χ3v) is 4.38. The van der Waals surface area contributed by atoms with Crippen molar-refractivity contribution in [2.45, 2.75) is 6.92 Å². The molecule has 8 nitrogen and oxygen atoms in total. The van der Waals surface area contributed by atoms with E-state index in [1.807, 2.05) is 0 Å². The minimum absolute atomic E-state index is 0.0885. The molecule has 2 aromatic rings. The lowest BCUT2D eigenvalue weighted by Gasteiger charge is -2.14. The molecule has 0 saturated carbocycles. The van der Waals surface area contributed by atoms with Crippen molar-refractivity contribution in [3.63, 3.8) is 0 Å². The first-order chi connectivity index (χ1) is 14.4. The van der Waals surface area contributed by atoms with Crippen LogP contribution in [-0.2, 0) is 14.3 Å². The molecular formula is C21H19ClN2O6. The number of amides is 3. The van der Waals surface area contributed by atoms with Crippen LogP contribution in [0.2, 0.25) is 5.02 Å². The van der Waals surface area contributed by atoms with Gasteiger partial charge < -0.3 is 19.5 Å². The summed E-state index contributed by atoms with van der Waals surface area (Å²) in [6.45, 7) is 1.77. The van der Waals surface area contributed by atoms with Crippen molar-refractivity contribution in [2.24, 2.45) is 0 Å². The molecule has 1 aliphatic rings. The highest BCUT2D eigenvalue weighted by Crippen LogP contribution is 2.37. The molecule has 1 heterocycles. The van der Waals surface area contributed by atoms with E-state index in [-0.39, 0.29) is 28.8 Å². The summed E-state index contributed by atoms with van der Waals surface area (Å²) in [4.78, 5) is 37.4. The zero-order valence-corrected chi connectivity index (χ0v) is 17.1. The molecule has 2 aromatic carbocycles. The van der Waals surface area contributed by atoms with Gasteiger partial charge >= 0.3 is 12.0 Å². The number of halogens is 1. The van der Waals surface area contributed by atoms with Gasteiger partial charge in [-0.1, -0.05) is 29.8 Å². The van der Waals surface area contributed by atoms with E-state index in [0.717, 1.165) is 4.90 Å². The predicted molar refractivity (Wildman–Crippen MR) is 111 cm³/mol. The summed E-state index contributed by atoms with van der Waals surface area (Å²) in [5.41, 5.74) is 1.06. The third-order valence-electron chi connectivity index (χ3n) is 4.10. The Kier molecular flexibility index (Phi) is 6.58. The average molecular weight is 431 g/mol. The molecule has 156 valence electrons. The second-order valence-corrected chi connectivity index (χ2v) is 6.50. The van der Waals surface area contributed by atoms with E-state index in [4.69, 9.17) is 21.1 Å². The molecule has 0 unspecified atom stereocenters. The van der Waals surface area contributed by atoms with Crippen LogP contribution in [0, 0.1) is 0 Å². The highest BCUT2D eigenvalue weighted by atomic mass is 35.5. The van der Waals surface area contributed by atoms with E-state index in [2.05, 4.69) is 10.1 Å². The Bertz CT molecular complexity index is 1010. The topological polar surface area (TPSA) is 94.2 Å². The Labute approximate surface area is 178 Å². The summed E-state index contributed by atoms with van der Waals surface area (Å²) in [5, 5.41) is 2.73. The van der Waals surface area contributed by atoms with Crippen molar-refractivity contribution >= 4 is 41.3 Å². The molecule has 0 aromatic heterocycles. The van der Waals surface area contributed by atoms with Gasteiger partial charge in [0.05, 0.1) is 24.4 Å². The number of benzene rings is 2. The van der Waals surface area contributed by atoms with Crippen LogP contribution in [0.5, 0.6) is 11.5 Å². The Hall–Kier alpha value is -3.52. The standard InChI is InChI=1S/C21H19ClN2O6/c1-3-29-17-11-13(9-15(22)19(17)30-12-18(25)28-2)10-16-20(26)24(21(27)23-16)14-7-5-4-6-8-14/h4-11H,3,12H2,1-2H3,(H,23,27)/b16-10-. The molecule has 0 aliphatic carbocycles. The maximum atomic E-state index is 12.7. The number of carbonyl (C=O) groups excluding carboxylic acids is 3. The quantitative estimate of drug-likeness (QED) is 0.411. The van der Waals surface area contributed by atoms with E-state index in [0.29, 0.717) is 17.9 Å². The highest BCUT2D eigenvalue weighted by Gasteiger charge is 2.34. The fourth-order valence-corrected chi connectivity index (χ4v) is 3.05. The van der Waals surface area contributed by atoms with Crippen molar-refractivity contribution in [2.75, 3.05) is 25.2 Å². The Balaban J connectivity index is 1.90. The van der Waals surface area contributed by atoms with Crippen LogP contribution in [-0.4, -0.2) is 38.2 Å². The molecule has 1 N–H and O–H groups in total. The smallest absolute Gasteiger partial charge is 0.343 e. The highest BCUT2D eigenvalue weighted by molar-refractivity contribution is 6.32. The molecule has 0 atom stereocenters. The number of anilines is 1. The molecule has 1 fully saturated rings. The summed E-state index contributed by atoms with van der Waals surface area (Å²) in [6, 6.07) is 11.2. The normalized spacial score (nSPS) is 14.6. The van der Waals surface area contributed by atoms with Gasteiger partial charge in [0, 0.05) is 0 Å². The van der Waals surface area contributed by atoms with Crippen LogP contribution in [0.1, 0.15) is 12.5 Å². The van der Waals surface area contributed by atoms with E-state index >= 15 is 0 Å². The van der Waals surface area contributed by atoms with Gasteiger partial charge in [-0.05, 0) is 42.8 Å². The summed E-state index contributed by atoms with van der Waals surface area (Å²) >= 11 is 6.30. The Morgan fingerprint density at radius 1 is 1.17 bits per heavy atom. The van der Waals surface area contributed by atoms with Crippen LogP contribution in [0.3, 0.4) is 0 Å². The second kappa shape index (κ2) is 9.32. The van der Waals surface area contributed by atoms with Crippen LogP contribution >= 0.6 is 11.6 Å². The number of para-hydroxylation sites is 1. The molecule has 3 amide bonds. The average Bonchev–Trinajstić information content (AvgIpc) is 3.01. The number of rotatable bonds is 7. The van der Waals surface area contributed by atoms with Crippen molar-refractivity contribution in [1.29, 1.82) is 0 Å². The SMILES string of the molecule is CCOc1cc(/C=C2\NC(=O)N(c3ccccc3)C2=O)cc(Cl)c1OCC(=O)OC. The minimum atomic E-state index is -0.569. The molecule has 30 heavy (non-hydrogen) atoms. The van der Waals surface area contributed by atoms with Gasteiger partial charge in [0.25, 0.3) is 5.91 Å². The number of esters is 1. The first-order valence-electron chi connectivity index (χ1n) is 9.02. The zero-order valence-electron chi connectivity index (χ0n) is 16.3. The number of nitrogens with one attached hydrogen (secondary N) is 1. The first kappa shape index (κ1) is 21.2. The summed E-state index contributed by atoms with van der Waals surface area (Å²) < 4.78 is 15.5. The van der Waals surface area contributed by atoms with Crippen molar-refractivity contribution in [3.8, 4) is 11.5 Å². The number of hydrogen-bond acceptors (Lipinski definition) is 6. The predicted octanol–water partition coefficient (Wildman–Crippen LogP) is 3.39. The van der Waals surface area contributed by atoms with Gasteiger partial charge in [-0.3, -0.25) is 4.79 Å². The van der Waals surface area contributed by atoms with Gasteiger partial charge in [-0.15, -0.1) is 0 Å². The summed E-state index contributed by atoms with van der Waals surface area (Å²) in [7, 11) is 1.25. The lowest BCUT2D eigenvalue weighted by molar-refractivity contribution is -0.142. The van der Waals surface area contributed by atoms with E-state index in [1.54, 1.807) is 43.3 Å². The molecule has 0 radical (unpaired) electrons. The number of ether oxygens (including phenoxy) is 3. The molecule has 0 spiro atoms. The van der Waals surface area contributed by atoms with Crippen molar-refractivity contribution in [1.82, 2.24) is 5.32 Å². The van der Waals surface area contributed by atoms with Crippen molar-refractivity contribution in [3.05, 3.63) is 58.7 Å². The molecule has 9 heteroatoms. The molecule has 1 saturated heterocycles. The van der Waals surface area contributed by atoms with Crippen LogP contribution < -0.4 is 19.7 Å². The lowest BCUT2D eigenvalue weighted by atomic mass is 10.1. The Morgan fingerprint density at radius 3 is 2.57 bits per heavy atom. The summed E-state index contributed by atoms with van der Waals surface area (Å²) in [6.07, 6.45) is 1.49. The molecule has 0 bridgehead atoms. The molecular weight excluding hydrogens is 412 g/mol. The van der Waals surface area contributed by atoms with Gasteiger partial charge in [-0.2, -0.15) is 0 Å². The Morgan fingerprint density at radius 2 is 1.90 bits per heavy atom. The first-order valence-corrected chi connectivity index (χ1v) is 9.40. The van der Waals surface area contributed by atoms with E-state index in [1.165, 1.54) is 19.3 Å². The fourth-order valence-electron chi connectivity index (χ4n) is 2.78. The largest absolute Gasteiger partial charge is 0.490 e. The lowest BCUT2D eigenvalue weighted by Crippen LogP contribution is -2.30. The van der Waals surface area contributed by atoms with Gasteiger partial charge in [0.1, 0.15) is 5.70 Å². The van der Waals surface area contributed by atoms with Crippen LogP contribution in [0.4, 0.5) is 10.5 Å². The van der Waals surface area contributed by atoms with E-state index < -0.39 is 17.9 Å². The summed E-state index contributed by atoms with van der Waals surface area (Å²) in [5.74, 6) is -0.595. The van der Waals surface area contributed by atoms with Crippen LogP contribution in [0.25, 0.3) is 6.08 Å².